The quantitative estimate of drug-likeness (QED) is 0.179. The van der Waals surface area contributed by atoms with Crippen LogP contribution in [0.25, 0.3) is 120 Å². The van der Waals surface area contributed by atoms with Crippen molar-refractivity contribution in [1.82, 2.24) is 24.1 Å². The van der Waals surface area contributed by atoms with Crippen molar-refractivity contribution in [2.45, 2.75) is 0 Å². The highest BCUT2D eigenvalue weighted by atomic mass is 32.1. The number of hydrogen-bond donors (Lipinski definition) is 0. The summed E-state index contributed by atoms with van der Waals surface area (Å²) in [5, 5.41) is 9.26. The van der Waals surface area contributed by atoms with E-state index in [1.807, 2.05) is 59.9 Å². The largest absolute Gasteiger partial charge is 0.456 e. The molecule has 13 aromatic rings. The van der Waals surface area contributed by atoms with Crippen molar-refractivity contribution in [3.05, 3.63) is 176 Å². The molecule has 0 saturated heterocycles. The van der Waals surface area contributed by atoms with Crippen LogP contribution in [0.1, 0.15) is 0 Å². The summed E-state index contributed by atoms with van der Waals surface area (Å²) in [7, 11) is 0. The van der Waals surface area contributed by atoms with Gasteiger partial charge in [0.05, 0.1) is 22.1 Å². The van der Waals surface area contributed by atoms with E-state index in [0.717, 1.165) is 60.6 Å². The summed E-state index contributed by atoms with van der Waals surface area (Å²) in [6.45, 7) is 0. The van der Waals surface area contributed by atoms with Gasteiger partial charge in [0.2, 0.25) is 5.95 Å². The van der Waals surface area contributed by atoms with Gasteiger partial charge in [0.25, 0.3) is 0 Å². The second-order valence-electron chi connectivity index (χ2n) is 14.8. The standard InChI is InChI=1S/C51H29N5OS/c1-3-14-30(15-4-1)49-52-50(35-21-13-25-45-48(35)34-20-9-12-24-44(34)57-45)54-51(53-49)56-41-23-11-8-19-33(41)37-29-47-39(27-43(37)56)38-26-42-36(28-46(38)58-47)32-18-7-10-22-40(32)55(42)31-16-5-2-6-17-31/h1-29H. The van der Waals surface area contributed by atoms with E-state index in [1.165, 1.54) is 42.0 Å². The van der Waals surface area contributed by atoms with Crippen LogP contribution in [0.5, 0.6) is 0 Å². The smallest absolute Gasteiger partial charge is 0.238 e. The molecule has 0 N–H and O–H groups in total. The SMILES string of the molecule is c1ccc(-c2nc(-c3cccc4oc5ccccc5c34)nc(-n3c4ccccc4c4cc5sc6cc7c8ccccc8n(-c8ccccc8)c7cc6c5cc43)n2)cc1. The van der Waals surface area contributed by atoms with E-state index in [-0.39, 0.29) is 0 Å². The minimum absolute atomic E-state index is 0.560. The number of fused-ring (bicyclic) bond motifs is 12. The van der Waals surface area contributed by atoms with Gasteiger partial charge in [0.15, 0.2) is 11.6 Å². The first-order valence-corrected chi connectivity index (χ1v) is 20.2. The lowest BCUT2D eigenvalue weighted by Gasteiger charge is -2.11. The summed E-state index contributed by atoms with van der Waals surface area (Å²) >= 11 is 1.85. The summed E-state index contributed by atoms with van der Waals surface area (Å²) < 4.78 is 13.4. The number of nitrogens with zero attached hydrogens (tertiary/aromatic N) is 5. The highest BCUT2D eigenvalue weighted by Gasteiger charge is 2.22. The van der Waals surface area contributed by atoms with Crippen LogP contribution in [-0.2, 0) is 0 Å². The van der Waals surface area contributed by atoms with Gasteiger partial charge in [0, 0.05) is 69.3 Å². The van der Waals surface area contributed by atoms with E-state index in [4.69, 9.17) is 19.4 Å². The van der Waals surface area contributed by atoms with E-state index in [2.05, 4.69) is 137 Å². The molecule has 6 nitrogen and oxygen atoms in total. The average molecular weight is 760 g/mol. The fourth-order valence-corrected chi connectivity index (χ4v) is 10.2. The zero-order chi connectivity index (χ0) is 37.9. The second kappa shape index (κ2) is 11.9. The number of furan rings is 1. The predicted molar refractivity (Wildman–Crippen MR) is 240 cm³/mol. The first-order valence-electron chi connectivity index (χ1n) is 19.4. The molecule has 0 aliphatic carbocycles. The van der Waals surface area contributed by atoms with Crippen LogP contribution < -0.4 is 0 Å². The number of aromatic nitrogens is 5. The van der Waals surface area contributed by atoms with Crippen molar-refractivity contribution in [2.24, 2.45) is 0 Å². The molecule has 0 atom stereocenters. The maximum atomic E-state index is 6.31. The van der Waals surface area contributed by atoms with Crippen LogP contribution in [-0.4, -0.2) is 24.1 Å². The maximum Gasteiger partial charge on any atom is 0.238 e. The second-order valence-corrected chi connectivity index (χ2v) is 15.9. The molecule has 270 valence electrons. The summed E-state index contributed by atoms with van der Waals surface area (Å²) in [5.74, 6) is 1.75. The van der Waals surface area contributed by atoms with Crippen molar-refractivity contribution in [3.63, 3.8) is 0 Å². The molecule has 0 aliphatic heterocycles. The molecule has 0 radical (unpaired) electrons. The fraction of sp³-hybridized carbons (Fsp3) is 0. The van der Waals surface area contributed by atoms with E-state index in [0.29, 0.717) is 17.6 Å². The molecule has 0 bridgehead atoms. The van der Waals surface area contributed by atoms with Crippen LogP contribution in [0.4, 0.5) is 0 Å². The summed E-state index contributed by atoms with van der Waals surface area (Å²) in [5.41, 5.74) is 9.06. The van der Waals surface area contributed by atoms with Crippen molar-refractivity contribution in [3.8, 4) is 34.4 Å². The Morgan fingerprint density at radius 2 is 0.966 bits per heavy atom. The lowest BCUT2D eigenvalue weighted by Crippen LogP contribution is -2.06. The molecule has 8 aromatic carbocycles. The van der Waals surface area contributed by atoms with Gasteiger partial charge in [-0.15, -0.1) is 11.3 Å². The van der Waals surface area contributed by atoms with Gasteiger partial charge in [-0.2, -0.15) is 9.97 Å². The Hall–Kier alpha value is -7.61. The van der Waals surface area contributed by atoms with Crippen LogP contribution in [0.15, 0.2) is 180 Å². The van der Waals surface area contributed by atoms with Gasteiger partial charge < -0.3 is 8.98 Å². The predicted octanol–water partition coefficient (Wildman–Crippen LogP) is 13.7. The molecule has 0 amide bonds. The van der Waals surface area contributed by atoms with E-state index >= 15 is 0 Å². The van der Waals surface area contributed by atoms with E-state index < -0.39 is 0 Å². The lowest BCUT2D eigenvalue weighted by molar-refractivity contribution is 0.669. The molecule has 7 heteroatoms. The number of rotatable bonds is 4. The van der Waals surface area contributed by atoms with Gasteiger partial charge in [-0.25, -0.2) is 4.98 Å². The highest BCUT2D eigenvalue weighted by molar-refractivity contribution is 7.26. The Balaban J connectivity index is 1.11. The fourth-order valence-electron chi connectivity index (χ4n) is 9.03. The first kappa shape index (κ1) is 31.6. The van der Waals surface area contributed by atoms with Crippen molar-refractivity contribution >= 4 is 97.1 Å². The monoisotopic (exact) mass is 759 g/mol. The minimum Gasteiger partial charge on any atom is -0.456 e. The Morgan fingerprint density at radius 1 is 0.397 bits per heavy atom. The molecular weight excluding hydrogens is 731 g/mol. The zero-order valence-electron chi connectivity index (χ0n) is 30.8. The number of para-hydroxylation sites is 4. The zero-order valence-corrected chi connectivity index (χ0v) is 31.6. The lowest BCUT2D eigenvalue weighted by atomic mass is 10.1. The number of thiophene rings is 1. The first-order chi connectivity index (χ1) is 28.7. The Bertz CT molecular complexity index is 3800. The van der Waals surface area contributed by atoms with Gasteiger partial charge in [-0.3, -0.25) is 4.57 Å². The topological polar surface area (TPSA) is 61.7 Å². The Kier molecular flexibility index (Phi) is 6.50. The molecule has 0 unspecified atom stereocenters. The maximum absolute atomic E-state index is 6.31. The Morgan fingerprint density at radius 3 is 1.69 bits per heavy atom. The van der Waals surface area contributed by atoms with E-state index in [9.17, 15) is 0 Å². The van der Waals surface area contributed by atoms with Crippen LogP contribution in [0.2, 0.25) is 0 Å². The van der Waals surface area contributed by atoms with Crippen molar-refractivity contribution < 1.29 is 4.42 Å². The molecule has 5 aromatic heterocycles. The third kappa shape index (κ3) is 4.50. The Labute approximate surface area is 334 Å². The van der Waals surface area contributed by atoms with Crippen molar-refractivity contribution in [2.75, 3.05) is 0 Å². The third-order valence-corrected chi connectivity index (χ3v) is 12.7. The van der Waals surface area contributed by atoms with Crippen LogP contribution in [0.3, 0.4) is 0 Å². The molecule has 13 rings (SSSR count). The molecular formula is C51H29N5OS. The van der Waals surface area contributed by atoms with Gasteiger partial charge in [-0.05, 0) is 60.7 Å². The molecule has 58 heavy (non-hydrogen) atoms. The van der Waals surface area contributed by atoms with Crippen molar-refractivity contribution in [1.29, 1.82) is 0 Å². The molecule has 5 heterocycles. The van der Waals surface area contributed by atoms with Gasteiger partial charge in [0.1, 0.15) is 11.2 Å². The third-order valence-electron chi connectivity index (χ3n) is 11.6. The minimum atomic E-state index is 0.560. The molecule has 0 saturated carbocycles. The highest BCUT2D eigenvalue weighted by Crippen LogP contribution is 2.44. The van der Waals surface area contributed by atoms with Crippen LogP contribution in [0, 0.1) is 0 Å². The summed E-state index contributed by atoms with van der Waals surface area (Å²) in [4.78, 5) is 15.8. The number of benzene rings is 8. The van der Waals surface area contributed by atoms with Gasteiger partial charge >= 0.3 is 0 Å². The molecule has 0 fully saturated rings. The molecule has 0 aliphatic rings. The average Bonchev–Trinajstić information content (AvgIpc) is 4.02. The molecule has 0 spiro atoms. The number of hydrogen-bond acceptors (Lipinski definition) is 5. The normalized spacial score (nSPS) is 12.1. The van der Waals surface area contributed by atoms with Crippen LogP contribution >= 0.6 is 11.3 Å². The van der Waals surface area contributed by atoms with E-state index in [1.54, 1.807) is 0 Å². The summed E-state index contributed by atoms with van der Waals surface area (Å²) in [6, 6.07) is 61.9. The summed E-state index contributed by atoms with van der Waals surface area (Å²) in [6.07, 6.45) is 0. The van der Waals surface area contributed by atoms with Gasteiger partial charge in [-0.1, -0.05) is 115 Å².